The Morgan fingerprint density at radius 1 is 1.29 bits per heavy atom. The molecule has 1 heterocycles. The Hall–Kier alpha value is -0.860. The number of aliphatic hydroxyl groups is 1. The zero-order valence-electron chi connectivity index (χ0n) is 13.7. The molecule has 1 aliphatic carbocycles. The van der Waals surface area contributed by atoms with Crippen LogP contribution >= 0.6 is 0 Å². The van der Waals surface area contributed by atoms with Gasteiger partial charge in [-0.05, 0) is 55.7 Å². The van der Waals surface area contributed by atoms with Crippen molar-refractivity contribution in [1.82, 2.24) is 4.90 Å². The number of likely N-dealkylation sites (tertiary alicyclic amines) is 1. The number of rotatable bonds is 3. The van der Waals surface area contributed by atoms with Gasteiger partial charge in [-0.25, -0.2) is 0 Å². The van der Waals surface area contributed by atoms with Crippen molar-refractivity contribution in [3.63, 3.8) is 0 Å². The summed E-state index contributed by atoms with van der Waals surface area (Å²) in [6.45, 7) is 9.85. The molecule has 1 aliphatic heterocycles. The average molecular weight is 287 g/mol. The summed E-state index contributed by atoms with van der Waals surface area (Å²) >= 11 is 0. The molecule has 3 atom stereocenters. The van der Waals surface area contributed by atoms with E-state index in [-0.39, 0.29) is 0 Å². The van der Waals surface area contributed by atoms with Gasteiger partial charge in [0.1, 0.15) is 0 Å². The lowest BCUT2D eigenvalue weighted by atomic mass is 9.69. The second-order valence-corrected chi connectivity index (χ2v) is 7.27. The number of aryl methyl sites for hydroxylation is 1. The van der Waals surface area contributed by atoms with E-state index in [9.17, 15) is 5.11 Å². The predicted octanol–water partition coefficient (Wildman–Crippen LogP) is 3.68. The molecule has 0 spiro atoms. The van der Waals surface area contributed by atoms with E-state index in [1.807, 2.05) is 0 Å². The fourth-order valence-electron chi connectivity index (χ4n) is 4.51. The molecule has 2 aliphatic rings. The van der Waals surface area contributed by atoms with E-state index in [0.29, 0.717) is 11.8 Å². The number of benzene rings is 1. The molecule has 1 aromatic rings. The second kappa shape index (κ2) is 5.73. The molecule has 0 bridgehead atoms. The molecule has 1 saturated heterocycles. The molecule has 0 unspecified atom stereocenters. The van der Waals surface area contributed by atoms with Crippen LogP contribution in [0.3, 0.4) is 0 Å². The Morgan fingerprint density at radius 2 is 2.10 bits per heavy atom. The van der Waals surface area contributed by atoms with Crippen LogP contribution < -0.4 is 0 Å². The first-order valence-electron chi connectivity index (χ1n) is 8.53. The van der Waals surface area contributed by atoms with Crippen LogP contribution in [0.2, 0.25) is 0 Å². The molecule has 0 amide bonds. The van der Waals surface area contributed by atoms with Crippen molar-refractivity contribution in [2.75, 3.05) is 13.1 Å². The Bertz CT molecular complexity index is 512. The van der Waals surface area contributed by atoms with E-state index in [1.165, 1.54) is 36.1 Å². The lowest BCUT2D eigenvalue weighted by Gasteiger charge is -2.40. The second-order valence-electron chi connectivity index (χ2n) is 7.27. The smallest absolute Gasteiger partial charge is 0.0688 e. The highest BCUT2D eigenvalue weighted by molar-refractivity contribution is 5.33. The van der Waals surface area contributed by atoms with Crippen LogP contribution in [0.5, 0.6) is 0 Å². The molecule has 3 rings (SSSR count). The SMILES string of the molecule is CC[C@@]1(O)CCC[C@@H]2CN(Cc3cccc(C)c3C)C[C@@H]21. The van der Waals surface area contributed by atoms with Crippen LogP contribution in [0.1, 0.15) is 49.3 Å². The van der Waals surface area contributed by atoms with Crippen LogP contribution in [0.25, 0.3) is 0 Å². The molecule has 1 aromatic carbocycles. The fourth-order valence-corrected chi connectivity index (χ4v) is 4.51. The highest BCUT2D eigenvalue weighted by Crippen LogP contribution is 2.44. The highest BCUT2D eigenvalue weighted by Gasteiger charge is 2.47. The van der Waals surface area contributed by atoms with Crippen molar-refractivity contribution in [2.24, 2.45) is 11.8 Å². The molecule has 2 heteroatoms. The summed E-state index contributed by atoms with van der Waals surface area (Å²) in [6, 6.07) is 6.62. The van der Waals surface area contributed by atoms with Gasteiger partial charge in [0, 0.05) is 25.6 Å². The third-order valence-corrected chi connectivity index (χ3v) is 6.11. The van der Waals surface area contributed by atoms with Gasteiger partial charge in [0.2, 0.25) is 0 Å². The lowest BCUT2D eigenvalue weighted by molar-refractivity contribution is -0.0613. The van der Waals surface area contributed by atoms with Crippen LogP contribution in [-0.4, -0.2) is 28.7 Å². The molecular formula is C19H29NO. The summed E-state index contributed by atoms with van der Waals surface area (Å²) in [5.74, 6) is 1.19. The summed E-state index contributed by atoms with van der Waals surface area (Å²) in [5.41, 5.74) is 3.86. The Labute approximate surface area is 129 Å². The van der Waals surface area contributed by atoms with E-state index in [0.717, 1.165) is 25.9 Å². The van der Waals surface area contributed by atoms with E-state index in [1.54, 1.807) is 0 Å². The molecule has 0 radical (unpaired) electrons. The molecule has 2 nitrogen and oxygen atoms in total. The summed E-state index contributed by atoms with van der Waals surface area (Å²) in [4.78, 5) is 2.57. The Balaban J connectivity index is 1.73. The van der Waals surface area contributed by atoms with Crippen molar-refractivity contribution in [3.8, 4) is 0 Å². The topological polar surface area (TPSA) is 23.5 Å². The molecule has 1 saturated carbocycles. The highest BCUT2D eigenvalue weighted by atomic mass is 16.3. The van der Waals surface area contributed by atoms with Crippen molar-refractivity contribution < 1.29 is 5.11 Å². The van der Waals surface area contributed by atoms with E-state index < -0.39 is 5.60 Å². The molecule has 2 fully saturated rings. The molecule has 21 heavy (non-hydrogen) atoms. The minimum Gasteiger partial charge on any atom is -0.390 e. The summed E-state index contributed by atoms with van der Waals surface area (Å²) in [6.07, 6.45) is 4.41. The zero-order valence-corrected chi connectivity index (χ0v) is 13.7. The van der Waals surface area contributed by atoms with Crippen molar-refractivity contribution in [2.45, 2.75) is 58.6 Å². The summed E-state index contributed by atoms with van der Waals surface area (Å²) < 4.78 is 0. The monoisotopic (exact) mass is 287 g/mol. The van der Waals surface area contributed by atoms with E-state index in [2.05, 4.69) is 43.9 Å². The Kier molecular flexibility index (Phi) is 4.11. The van der Waals surface area contributed by atoms with Gasteiger partial charge in [0.05, 0.1) is 5.60 Å². The average Bonchev–Trinajstić information content (AvgIpc) is 2.88. The lowest BCUT2D eigenvalue weighted by Crippen LogP contribution is -2.44. The largest absolute Gasteiger partial charge is 0.390 e. The molecule has 0 aromatic heterocycles. The standard InChI is InChI=1S/C19H29NO/c1-4-19(21)10-6-9-17-12-20(13-18(17)19)11-16-8-5-7-14(2)15(16)3/h5,7-8,17-18,21H,4,6,9-13H2,1-3H3/t17-,18+,19-/m1/s1. The predicted molar refractivity (Wildman–Crippen MR) is 87.3 cm³/mol. The fraction of sp³-hybridized carbons (Fsp3) is 0.684. The van der Waals surface area contributed by atoms with Gasteiger partial charge >= 0.3 is 0 Å². The van der Waals surface area contributed by atoms with Crippen LogP contribution in [0.15, 0.2) is 18.2 Å². The molecule has 116 valence electrons. The number of hydrogen-bond donors (Lipinski definition) is 1. The van der Waals surface area contributed by atoms with Crippen LogP contribution in [0.4, 0.5) is 0 Å². The third-order valence-electron chi connectivity index (χ3n) is 6.11. The van der Waals surface area contributed by atoms with E-state index >= 15 is 0 Å². The van der Waals surface area contributed by atoms with Gasteiger partial charge < -0.3 is 5.11 Å². The minimum atomic E-state index is -0.403. The number of fused-ring (bicyclic) bond motifs is 1. The maximum atomic E-state index is 10.9. The van der Waals surface area contributed by atoms with E-state index in [4.69, 9.17) is 0 Å². The van der Waals surface area contributed by atoms with Gasteiger partial charge in [-0.2, -0.15) is 0 Å². The van der Waals surface area contributed by atoms with Crippen molar-refractivity contribution in [1.29, 1.82) is 0 Å². The summed E-state index contributed by atoms with van der Waals surface area (Å²) in [7, 11) is 0. The normalized spacial score (nSPS) is 33.1. The maximum Gasteiger partial charge on any atom is 0.0688 e. The third kappa shape index (κ3) is 2.76. The first-order chi connectivity index (χ1) is 10.0. The van der Waals surface area contributed by atoms with Gasteiger partial charge in [0.25, 0.3) is 0 Å². The molecular weight excluding hydrogens is 258 g/mol. The van der Waals surface area contributed by atoms with Gasteiger partial charge in [-0.3, -0.25) is 4.90 Å². The molecule has 1 N–H and O–H groups in total. The first kappa shape index (κ1) is 15.1. The minimum absolute atomic E-state index is 0.403. The summed E-state index contributed by atoms with van der Waals surface area (Å²) in [5, 5.41) is 10.9. The zero-order chi connectivity index (χ0) is 15.0. The number of nitrogens with zero attached hydrogens (tertiary/aromatic N) is 1. The van der Waals surface area contributed by atoms with Crippen molar-refractivity contribution in [3.05, 3.63) is 34.9 Å². The van der Waals surface area contributed by atoms with Crippen LogP contribution in [-0.2, 0) is 6.54 Å². The van der Waals surface area contributed by atoms with Crippen molar-refractivity contribution >= 4 is 0 Å². The van der Waals surface area contributed by atoms with Gasteiger partial charge in [0.15, 0.2) is 0 Å². The first-order valence-corrected chi connectivity index (χ1v) is 8.53. The maximum absolute atomic E-state index is 10.9. The van der Waals surface area contributed by atoms with Gasteiger partial charge in [-0.15, -0.1) is 0 Å². The quantitative estimate of drug-likeness (QED) is 0.917. The van der Waals surface area contributed by atoms with Crippen LogP contribution in [0, 0.1) is 25.7 Å². The number of hydrogen-bond acceptors (Lipinski definition) is 2. The van der Waals surface area contributed by atoms with Gasteiger partial charge in [-0.1, -0.05) is 31.5 Å². The Morgan fingerprint density at radius 3 is 2.86 bits per heavy atom.